The van der Waals surface area contributed by atoms with Crippen LogP contribution in [0.4, 0.5) is 9.18 Å². The number of thiophene rings is 2. The summed E-state index contributed by atoms with van der Waals surface area (Å²) in [5.41, 5.74) is 2.37. The van der Waals surface area contributed by atoms with Crippen molar-refractivity contribution in [1.29, 1.82) is 0 Å². The molecule has 1 unspecified atom stereocenters. The lowest BCUT2D eigenvalue weighted by molar-refractivity contribution is 0.0241. The first-order chi connectivity index (χ1) is 17.9. The number of amides is 1. The van der Waals surface area contributed by atoms with Gasteiger partial charge in [0.1, 0.15) is 10.7 Å². The zero-order chi connectivity index (χ0) is 26.2. The summed E-state index contributed by atoms with van der Waals surface area (Å²) in [6.07, 6.45) is 2.41. The number of ether oxygens (including phenoxy) is 1. The first kappa shape index (κ1) is 27.4. The normalized spacial score (nSPS) is 14.8. The van der Waals surface area contributed by atoms with Gasteiger partial charge in [-0.05, 0) is 60.0 Å². The van der Waals surface area contributed by atoms with Crippen molar-refractivity contribution in [3.63, 3.8) is 0 Å². The quantitative estimate of drug-likeness (QED) is 0.228. The summed E-state index contributed by atoms with van der Waals surface area (Å²) in [5.74, 6) is 6.49. The molecule has 3 heterocycles. The zero-order valence-corrected chi connectivity index (χ0v) is 23.3. The second-order valence-electron chi connectivity index (χ2n) is 8.87. The number of carbonyl (C=O) groups is 2. The van der Waals surface area contributed by atoms with E-state index in [0.29, 0.717) is 29.3 Å². The average molecular weight is 557 g/mol. The SMILES string of the molecule is COC(=O)c1ccc(CCN2C(=O)SCCN2CCC(C)Cc2ccc(F)c(C#Cc3ccsc3)c2)s1. The Labute approximate surface area is 229 Å². The van der Waals surface area contributed by atoms with Crippen LogP contribution in [-0.2, 0) is 17.6 Å². The lowest BCUT2D eigenvalue weighted by Gasteiger charge is -2.38. The van der Waals surface area contributed by atoms with Crippen LogP contribution in [-0.4, -0.2) is 53.7 Å². The number of thioether (sulfide) groups is 1. The highest BCUT2D eigenvalue weighted by atomic mass is 32.2. The van der Waals surface area contributed by atoms with Crippen LogP contribution in [0, 0.1) is 23.6 Å². The smallest absolute Gasteiger partial charge is 0.348 e. The van der Waals surface area contributed by atoms with E-state index >= 15 is 0 Å². The largest absolute Gasteiger partial charge is 0.465 e. The van der Waals surface area contributed by atoms with Gasteiger partial charge in [0.05, 0.1) is 12.7 Å². The van der Waals surface area contributed by atoms with Gasteiger partial charge in [-0.15, -0.1) is 11.3 Å². The predicted octanol–water partition coefficient (Wildman–Crippen LogP) is 6.33. The number of hydrazine groups is 1. The Balaban J connectivity index is 1.32. The molecule has 1 saturated heterocycles. The van der Waals surface area contributed by atoms with E-state index in [1.807, 2.05) is 40.0 Å². The highest BCUT2D eigenvalue weighted by Crippen LogP contribution is 2.24. The number of hydrogen-bond donors (Lipinski definition) is 0. The Morgan fingerprint density at radius 2 is 2.05 bits per heavy atom. The van der Waals surface area contributed by atoms with Crippen molar-refractivity contribution in [2.75, 3.05) is 32.5 Å². The van der Waals surface area contributed by atoms with Crippen LogP contribution in [0.2, 0.25) is 0 Å². The van der Waals surface area contributed by atoms with Crippen LogP contribution in [0.25, 0.3) is 0 Å². The summed E-state index contributed by atoms with van der Waals surface area (Å²) in [4.78, 5) is 26.0. The molecule has 0 aliphatic carbocycles. The minimum absolute atomic E-state index is 0.0658. The molecule has 9 heteroatoms. The molecule has 5 nitrogen and oxygen atoms in total. The number of methoxy groups -OCH3 is 1. The number of esters is 1. The van der Waals surface area contributed by atoms with Gasteiger partial charge in [0, 0.05) is 47.6 Å². The van der Waals surface area contributed by atoms with Gasteiger partial charge in [-0.1, -0.05) is 36.6 Å². The van der Waals surface area contributed by atoms with Crippen molar-refractivity contribution in [3.8, 4) is 11.8 Å². The van der Waals surface area contributed by atoms with Gasteiger partial charge in [0.25, 0.3) is 5.24 Å². The molecule has 0 spiro atoms. The highest BCUT2D eigenvalue weighted by Gasteiger charge is 2.27. The van der Waals surface area contributed by atoms with Gasteiger partial charge in [-0.3, -0.25) is 9.80 Å². The first-order valence-corrected chi connectivity index (χ1v) is 14.9. The van der Waals surface area contributed by atoms with Crippen LogP contribution in [0.1, 0.15) is 44.6 Å². The fourth-order valence-corrected chi connectivity index (χ4v) is 6.43. The Morgan fingerprint density at radius 3 is 2.84 bits per heavy atom. The summed E-state index contributed by atoms with van der Waals surface area (Å²) in [6, 6.07) is 10.8. The zero-order valence-electron chi connectivity index (χ0n) is 20.9. The molecule has 0 N–H and O–H groups in total. The molecular weight excluding hydrogens is 528 g/mol. The summed E-state index contributed by atoms with van der Waals surface area (Å²) >= 11 is 4.33. The Bertz CT molecular complexity index is 1280. The lowest BCUT2D eigenvalue weighted by Crippen LogP contribution is -2.50. The summed E-state index contributed by atoms with van der Waals surface area (Å²) in [7, 11) is 1.37. The fraction of sp³-hybridized carbons (Fsp3) is 0.357. The number of halogens is 1. The monoisotopic (exact) mass is 556 g/mol. The maximum absolute atomic E-state index is 14.3. The van der Waals surface area contributed by atoms with Crippen molar-refractivity contribution in [1.82, 2.24) is 10.0 Å². The van der Waals surface area contributed by atoms with Crippen molar-refractivity contribution < 1.29 is 18.7 Å². The van der Waals surface area contributed by atoms with Crippen LogP contribution in [0.15, 0.2) is 47.2 Å². The third kappa shape index (κ3) is 7.68. The molecule has 3 aromatic rings. The van der Waals surface area contributed by atoms with Crippen LogP contribution >= 0.6 is 34.4 Å². The molecule has 1 aliphatic rings. The van der Waals surface area contributed by atoms with Crippen LogP contribution < -0.4 is 0 Å². The molecule has 1 amide bonds. The summed E-state index contributed by atoms with van der Waals surface area (Å²) < 4.78 is 19.1. The average Bonchev–Trinajstić information content (AvgIpc) is 3.59. The van der Waals surface area contributed by atoms with E-state index < -0.39 is 0 Å². The predicted molar refractivity (Wildman–Crippen MR) is 150 cm³/mol. The molecule has 194 valence electrons. The van der Waals surface area contributed by atoms with E-state index in [-0.39, 0.29) is 17.0 Å². The number of nitrogens with zero attached hydrogens (tertiary/aromatic N) is 2. The van der Waals surface area contributed by atoms with Crippen molar-refractivity contribution in [3.05, 3.63) is 79.4 Å². The van der Waals surface area contributed by atoms with E-state index in [1.165, 1.54) is 36.3 Å². The van der Waals surface area contributed by atoms with Gasteiger partial charge in [0.15, 0.2) is 0 Å². The molecule has 1 atom stereocenters. The van der Waals surface area contributed by atoms with E-state index in [1.54, 1.807) is 17.4 Å². The van der Waals surface area contributed by atoms with E-state index in [0.717, 1.165) is 47.7 Å². The Kier molecular flexibility index (Phi) is 9.81. The summed E-state index contributed by atoms with van der Waals surface area (Å²) in [5, 5.41) is 7.96. The number of carbonyl (C=O) groups excluding carboxylic acids is 2. The molecular formula is C28H29FN2O3S3. The van der Waals surface area contributed by atoms with Gasteiger partial charge < -0.3 is 4.74 Å². The molecule has 0 bridgehead atoms. The maximum Gasteiger partial charge on any atom is 0.348 e. The van der Waals surface area contributed by atoms with Crippen LogP contribution in [0.5, 0.6) is 0 Å². The van der Waals surface area contributed by atoms with E-state index in [4.69, 9.17) is 4.74 Å². The second kappa shape index (κ2) is 13.2. The molecule has 1 aromatic carbocycles. The Morgan fingerprint density at radius 1 is 1.19 bits per heavy atom. The third-order valence-electron chi connectivity index (χ3n) is 6.10. The molecule has 1 fully saturated rings. The van der Waals surface area contributed by atoms with Crippen molar-refractivity contribution in [2.45, 2.75) is 26.2 Å². The molecule has 4 rings (SSSR count). The second-order valence-corrected chi connectivity index (χ2v) is 11.9. The van der Waals surface area contributed by atoms with E-state index in [2.05, 4.69) is 23.8 Å². The van der Waals surface area contributed by atoms with Gasteiger partial charge in [-0.25, -0.2) is 14.2 Å². The van der Waals surface area contributed by atoms with Crippen LogP contribution in [0.3, 0.4) is 0 Å². The topological polar surface area (TPSA) is 49.9 Å². The number of benzene rings is 1. The fourth-order valence-electron chi connectivity index (χ4n) is 4.10. The number of rotatable bonds is 9. The molecule has 37 heavy (non-hydrogen) atoms. The Hall–Kier alpha value is -2.64. The number of hydrogen-bond acceptors (Lipinski definition) is 7. The lowest BCUT2D eigenvalue weighted by atomic mass is 9.96. The van der Waals surface area contributed by atoms with Crippen molar-refractivity contribution in [2.24, 2.45) is 5.92 Å². The minimum atomic E-state index is -0.334. The minimum Gasteiger partial charge on any atom is -0.465 e. The molecule has 0 radical (unpaired) electrons. The summed E-state index contributed by atoms with van der Waals surface area (Å²) in [6.45, 7) is 4.35. The standard InChI is InChI=1S/C28H29FN2O3S3/c1-20(17-22-4-7-25(29)23(18-22)5-3-21-11-15-35-19-21)9-12-30-14-16-36-28(33)31(30)13-10-24-6-8-26(37-24)27(32)34-2/h4,6-8,11,15,18-20H,9-10,12-14,16-17H2,1-2H3. The molecule has 0 saturated carbocycles. The first-order valence-electron chi connectivity index (χ1n) is 12.1. The molecule has 2 aromatic heterocycles. The maximum atomic E-state index is 14.3. The molecule has 1 aliphatic heterocycles. The van der Waals surface area contributed by atoms with Gasteiger partial charge >= 0.3 is 5.97 Å². The van der Waals surface area contributed by atoms with Gasteiger partial charge in [-0.2, -0.15) is 11.3 Å². The van der Waals surface area contributed by atoms with Gasteiger partial charge in [0.2, 0.25) is 0 Å². The highest BCUT2D eigenvalue weighted by molar-refractivity contribution is 8.13. The van der Waals surface area contributed by atoms with Crippen molar-refractivity contribution >= 4 is 45.6 Å². The third-order valence-corrected chi connectivity index (χ3v) is 8.76. The van der Waals surface area contributed by atoms with E-state index in [9.17, 15) is 14.0 Å².